The van der Waals surface area contributed by atoms with Crippen LogP contribution in [0, 0.1) is 13.8 Å². The van der Waals surface area contributed by atoms with Crippen LogP contribution in [0.1, 0.15) is 46.4 Å². The lowest BCUT2D eigenvalue weighted by Gasteiger charge is -2.22. The minimum absolute atomic E-state index is 0.139. The number of amides is 1. The molecule has 1 saturated heterocycles. The van der Waals surface area contributed by atoms with Crippen molar-refractivity contribution in [3.05, 3.63) is 51.3 Å². The number of aryl methyl sites for hydroxylation is 2. The highest BCUT2D eigenvalue weighted by atomic mass is 16.5. The molecule has 0 saturated carbocycles. The van der Waals surface area contributed by atoms with E-state index < -0.39 is 0 Å². The molecule has 0 aliphatic carbocycles. The summed E-state index contributed by atoms with van der Waals surface area (Å²) in [7, 11) is 0. The number of nitrogens with zero attached hydrogens (tertiary/aromatic N) is 2. The Morgan fingerprint density at radius 3 is 2.90 bits per heavy atom. The fourth-order valence-electron chi connectivity index (χ4n) is 2.74. The topological polar surface area (TPSA) is 79.2 Å². The Morgan fingerprint density at radius 2 is 2.24 bits per heavy atom. The van der Waals surface area contributed by atoms with Crippen molar-refractivity contribution < 1.29 is 9.32 Å². The Kier molecular flexibility index (Phi) is 3.37. The van der Waals surface area contributed by atoms with Crippen LogP contribution in [0.15, 0.2) is 27.6 Å². The zero-order valence-electron chi connectivity index (χ0n) is 12.0. The molecule has 0 radical (unpaired) electrons. The fourth-order valence-corrected chi connectivity index (χ4v) is 2.74. The molecule has 0 aromatic carbocycles. The van der Waals surface area contributed by atoms with Gasteiger partial charge in [0.2, 0.25) is 0 Å². The first-order chi connectivity index (χ1) is 10.1. The van der Waals surface area contributed by atoms with E-state index >= 15 is 0 Å². The summed E-state index contributed by atoms with van der Waals surface area (Å²) < 4.78 is 5.28. The molecule has 1 fully saturated rings. The molecule has 21 heavy (non-hydrogen) atoms. The Morgan fingerprint density at radius 1 is 1.43 bits per heavy atom. The molecule has 6 nitrogen and oxygen atoms in total. The van der Waals surface area contributed by atoms with Gasteiger partial charge < -0.3 is 14.4 Å². The van der Waals surface area contributed by atoms with Crippen molar-refractivity contribution in [1.82, 2.24) is 15.0 Å². The minimum atomic E-state index is -0.257. The molecular weight excluding hydrogens is 270 g/mol. The second kappa shape index (κ2) is 5.20. The van der Waals surface area contributed by atoms with E-state index in [4.69, 9.17) is 4.52 Å². The van der Waals surface area contributed by atoms with Gasteiger partial charge in [-0.1, -0.05) is 5.16 Å². The molecule has 1 atom stereocenters. The normalized spacial score (nSPS) is 18.2. The van der Waals surface area contributed by atoms with E-state index in [0.29, 0.717) is 12.3 Å². The number of hydrogen-bond donors (Lipinski definition) is 1. The van der Waals surface area contributed by atoms with Crippen molar-refractivity contribution in [2.45, 2.75) is 32.7 Å². The summed E-state index contributed by atoms with van der Waals surface area (Å²) in [6, 6.07) is 3.14. The van der Waals surface area contributed by atoms with Crippen molar-refractivity contribution in [3.63, 3.8) is 0 Å². The van der Waals surface area contributed by atoms with Crippen molar-refractivity contribution in [3.8, 4) is 0 Å². The van der Waals surface area contributed by atoms with Crippen molar-refractivity contribution >= 4 is 5.91 Å². The van der Waals surface area contributed by atoms with Crippen molar-refractivity contribution in [1.29, 1.82) is 0 Å². The monoisotopic (exact) mass is 287 g/mol. The van der Waals surface area contributed by atoms with Gasteiger partial charge in [-0.15, -0.1) is 0 Å². The molecule has 110 valence electrons. The van der Waals surface area contributed by atoms with Gasteiger partial charge in [0.25, 0.3) is 5.91 Å². The molecular formula is C15H17N3O3. The van der Waals surface area contributed by atoms with E-state index in [1.165, 1.54) is 12.3 Å². The maximum absolute atomic E-state index is 12.6. The molecule has 1 N–H and O–H groups in total. The third-order valence-corrected chi connectivity index (χ3v) is 3.78. The SMILES string of the molecule is Cc1cc(C2CCCN2C(=O)c2c[nH]c(C)cc2=O)on1. The first-order valence-corrected chi connectivity index (χ1v) is 7.00. The number of H-pyrrole nitrogens is 1. The van der Waals surface area contributed by atoms with Gasteiger partial charge in [0.05, 0.1) is 11.7 Å². The summed E-state index contributed by atoms with van der Waals surface area (Å²) in [4.78, 5) is 29.2. The molecule has 2 aromatic heterocycles. The third-order valence-electron chi connectivity index (χ3n) is 3.78. The second-order valence-electron chi connectivity index (χ2n) is 5.42. The second-order valence-corrected chi connectivity index (χ2v) is 5.42. The highest BCUT2D eigenvalue weighted by Gasteiger charge is 2.34. The van der Waals surface area contributed by atoms with Crippen LogP contribution in [0.4, 0.5) is 0 Å². The number of carbonyl (C=O) groups is 1. The quantitative estimate of drug-likeness (QED) is 0.915. The lowest BCUT2D eigenvalue weighted by Crippen LogP contribution is -2.33. The molecule has 0 spiro atoms. The number of pyridine rings is 1. The Hall–Kier alpha value is -2.37. The van der Waals surface area contributed by atoms with Crippen LogP contribution >= 0.6 is 0 Å². The van der Waals surface area contributed by atoms with E-state index in [1.807, 2.05) is 13.0 Å². The van der Waals surface area contributed by atoms with Gasteiger partial charge >= 0.3 is 0 Å². The highest BCUT2D eigenvalue weighted by Crippen LogP contribution is 2.33. The number of nitrogens with one attached hydrogen (secondary N) is 1. The van der Waals surface area contributed by atoms with Crippen LogP contribution in [-0.2, 0) is 0 Å². The van der Waals surface area contributed by atoms with Gasteiger partial charge in [-0.25, -0.2) is 0 Å². The predicted octanol–water partition coefficient (Wildman–Crippen LogP) is 1.96. The van der Waals surface area contributed by atoms with Crippen LogP contribution in [0.5, 0.6) is 0 Å². The van der Waals surface area contributed by atoms with Crippen LogP contribution in [0.2, 0.25) is 0 Å². The maximum Gasteiger partial charge on any atom is 0.259 e. The zero-order valence-corrected chi connectivity index (χ0v) is 12.0. The maximum atomic E-state index is 12.6. The summed E-state index contributed by atoms with van der Waals surface area (Å²) in [6.07, 6.45) is 3.20. The largest absolute Gasteiger partial charge is 0.364 e. The van der Waals surface area contributed by atoms with E-state index in [9.17, 15) is 9.59 Å². The smallest absolute Gasteiger partial charge is 0.259 e. The molecule has 1 aliphatic heterocycles. The third kappa shape index (κ3) is 2.49. The Bertz CT molecular complexity index is 732. The zero-order chi connectivity index (χ0) is 15.0. The fraction of sp³-hybridized carbons (Fsp3) is 0.400. The Balaban J connectivity index is 1.91. The van der Waals surface area contributed by atoms with Crippen LogP contribution < -0.4 is 5.43 Å². The lowest BCUT2D eigenvalue weighted by molar-refractivity contribution is 0.0713. The van der Waals surface area contributed by atoms with E-state index in [1.54, 1.807) is 11.8 Å². The van der Waals surface area contributed by atoms with Gasteiger partial charge in [-0.2, -0.15) is 0 Å². The first kappa shape index (κ1) is 13.6. The van der Waals surface area contributed by atoms with Gasteiger partial charge in [0.15, 0.2) is 11.2 Å². The lowest BCUT2D eigenvalue weighted by atomic mass is 10.1. The van der Waals surface area contributed by atoms with Gasteiger partial charge in [-0.3, -0.25) is 9.59 Å². The average molecular weight is 287 g/mol. The van der Waals surface area contributed by atoms with Crippen LogP contribution in [0.25, 0.3) is 0 Å². The molecule has 6 heteroatoms. The predicted molar refractivity (Wildman–Crippen MR) is 76.1 cm³/mol. The molecule has 1 unspecified atom stereocenters. The molecule has 2 aromatic rings. The number of aromatic amines is 1. The number of likely N-dealkylation sites (tertiary alicyclic amines) is 1. The van der Waals surface area contributed by atoms with E-state index in [-0.39, 0.29) is 22.9 Å². The number of hydrogen-bond acceptors (Lipinski definition) is 4. The molecule has 3 heterocycles. The van der Waals surface area contributed by atoms with Gasteiger partial charge in [-0.05, 0) is 26.7 Å². The molecule has 3 rings (SSSR count). The number of carbonyl (C=O) groups excluding carboxylic acids is 1. The number of rotatable bonds is 2. The summed E-state index contributed by atoms with van der Waals surface area (Å²) in [5.41, 5.74) is 1.44. The van der Waals surface area contributed by atoms with Crippen molar-refractivity contribution in [2.75, 3.05) is 6.54 Å². The van der Waals surface area contributed by atoms with E-state index in [2.05, 4.69) is 10.1 Å². The average Bonchev–Trinajstić information content (AvgIpc) is 3.06. The van der Waals surface area contributed by atoms with Crippen LogP contribution in [-0.4, -0.2) is 27.5 Å². The number of aromatic nitrogens is 2. The van der Waals surface area contributed by atoms with Crippen molar-refractivity contribution in [2.24, 2.45) is 0 Å². The summed E-state index contributed by atoms with van der Waals surface area (Å²) >= 11 is 0. The Labute approximate surface area is 121 Å². The van der Waals surface area contributed by atoms with E-state index in [0.717, 1.165) is 24.2 Å². The summed E-state index contributed by atoms with van der Waals surface area (Å²) in [5.74, 6) is 0.426. The van der Waals surface area contributed by atoms with Crippen LogP contribution in [0.3, 0.4) is 0 Å². The summed E-state index contributed by atoms with van der Waals surface area (Å²) in [6.45, 7) is 4.25. The van der Waals surface area contributed by atoms with Gasteiger partial charge in [0.1, 0.15) is 5.56 Å². The molecule has 0 bridgehead atoms. The minimum Gasteiger partial charge on any atom is -0.364 e. The first-order valence-electron chi connectivity index (χ1n) is 7.00. The molecule has 1 aliphatic rings. The standard InChI is InChI=1S/C15H17N3O3/c1-9-6-13(19)11(8-16-9)15(20)18-5-3-4-12(18)14-7-10(2)17-21-14/h6-8,12H,3-5H2,1-2H3,(H,16,19). The highest BCUT2D eigenvalue weighted by molar-refractivity contribution is 5.94. The summed E-state index contributed by atoms with van der Waals surface area (Å²) in [5, 5.41) is 3.88. The van der Waals surface area contributed by atoms with Gasteiger partial charge in [0, 0.05) is 30.6 Å². The molecule has 1 amide bonds.